The van der Waals surface area contributed by atoms with Gasteiger partial charge < -0.3 is 9.64 Å². The van der Waals surface area contributed by atoms with E-state index < -0.39 is 0 Å². The number of carbonyl (C=O) groups is 1. The van der Waals surface area contributed by atoms with Gasteiger partial charge in [0.2, 0.25) is 5.91 Å². The van der Waals surface area contributed by atoms with Gasteiger partial charge >= 0.3 is 0 Å². The lowest BCUT2D eigenvalue weighted by Crippen LogP contribution is -2.49. The molecular formula is C17H21FN2O2. The molecule has 3 aliphatic heterocycles. The van der Waals surface area contributed by atoms with Gasteiger partial charge in [0.1, 0.15) is 5.54 Å². The van der Waals surface area contributed by atoms with Crippen molar-refractivity contribution in [2.45, 2.75) is 30.8 Å². The Balaban J connectivity index is 1.73. The van der Waals surface area contributed by atoms with Crippen molar-refractivity contribution in [1.29, 1.82) is 0 Å². The molecular weight excluding hydrogens is 283 g/mol. The molecule has 0 radical (unpaired) electrons. The number of amides is 1. The number of halogens is 1. The Morgan fingerprint density at radius 3 is 3.00 bits per heavy atom. The Hall–Kier alpha value is -1.62. The molecule has 1 aromatic carbocycles. The van der Waals surface area contributed by atoms with Crippen molar-refractivity contribution < 1.29 is 13.9 Å². The summed E-state index contributed by atoms with van der Waals surface area (Å²) in [5.41, 5.74) is 0.755. The fourth-order valence-electron chi connectivity index (χ4n) is 4.90. The average Bonchev–Trinajstić information content (AvgIpc) is 3.12. The molecule has 0 unspecified atom stereocenters. The topological polar surface area (TPSA) is 32.8 Å². The van der Waals surface area contributed by atoms with Crippen molar-refractivity contribution in [3.8, 4) is 5.75 Å². The lowest BCUT2D eigenvalue weighted by molar-refractivity contribution is -0.135. The Morgan fingerprint density at radius 1 is 1.41 bits per heavy atom. The second-order valence-corrected chi connectivity index (χ2v) is 6.75. The molecule has 3 atom stereocenters. The van der Waals surface area contributed by atoms with Gasteiger partial charge in [-0.15, -0.1) is 0 Å². The lowest BCUT2D eigenvalue weighted by atomic mass is 9.85. The minimum Gasteiger partial charge on any atom is -0.494 e. The maximum absolute atomic E-state index is 13.7. The summed E-state index contributed by atoms with van der Waals surface area (Å²) in [5, 5.41) is 0. The van der Waals surface area contributed by atoms with Crippen molar-refractivity contribution >= 4 is 5.91 Å². The molecule has 0 bridgehead atoms. The normalized spacial score (nSPS) is 34.1. The summed E-state index contributed by atoms with van der Waals surface area (Å²) in [6.07, 6.45) is 2.98. The fraction of sp³-hybridized carbons (Fsp3) is 0.588. The monoisotopic (exact) mass is 304 g/mol. The molecule has 4 nitrogen and oxygen atoms in total. The molecule has 3 saturated heterocycles. The number of likely N-dealkylation sites (N-methyl/N-ethyl adjacent to an activating group) is 1. The number of hydrogen-bond acceptors (Lipinski definition) is 3. The third-order valence-corrected chi connectivity index (χ3v) is 5.80. The maximum Gasteiger partial charge on any atom is 0.243 e. The quantitative estimate of drug-likeness (QED) is 0.840. The molecule has 5 heteroatoms. The Labute approximate surface area is 129 Å². The second-order valence-electron chi connectivity index (χ2n) is 6.75. The molecule has 1 aromatic rings. The zero-order valence-corrected chi connectivity index (χ0v) is 13.0. The molecule has 22 heavy (non-hydrogen) atoms. The number of likely N-dealkylation sites (tertiary alicyclic amines) is 1. The summed E-state index contributed by atoms with van der Waals surface area (Å²) >= 11 is 0. The standard InChI is InChI=1S/C17H21FN2O2/c1-19-10-12-9-14(11-4-5-13(18)15(8-11)22-2)20-7-3-6-17(12,20)16(19)21/h4-5,8,12,14H,3,6-7,9-10H2,1-2H3/t12-,14-,17-/m0/s1. The van der Waals surface area contributed by atoms with Crippen LogP contribution in [0.3, 0.4) is 0 Å². The number of rotatable bonds is 2. The van der Waals surface area contributed by atoms with E-state index >= 15 is 0 Å². The molecule has 0 saturated carbocycles. The summed E-state index contributed by atoms with van der Waals surface area (Å²) in [6, 6.07) is 5.30. The first-order chi connectivity index (χ1) is 10.6. The maximum atomic E-state index is 13.7. The van der Waals surface area contributed by atoms with E-state index in [0.717, 1.165) is 37.9 Å². The predicted molar refractivity (Wildman–Crippen MR) is 80.1 cm³/mol. The molecule has 118 valence electrons. The minimum absolute atomic E-state index is 0.194. The van der Waals surface area contributed by atoms with E-state index in [1.807, 2.05) is 18.0 Å². The SMILES string of the molecule is COc1cc([C@@H]2C[C@H]3CN(C)C(=O)[C@]34CCCN24)ccc1F. The van der Waals surface area contributed by atoms with E-state index in [2.05, 4.69) is 4.90 Å². The highest BCUT2D eigenvalue weighted by atomic mass is 19.1. The number of hydrogen-bond donors (Lipinski definition) is 0. The van der Waals surface area contributed by atoms with E-state index in [9.17, 15) is 9.18 Å². The van der Waals surface area contributed by atoms with E-state index in [4.69, 9.17) is 4.74 Å². The van der Waals surface area contributed by atoms with Gasteiger partial charge in [-0.2, -0.15) is 0 Å². The van der Waals surface area contributed by atoms with Crippen molar-refractivity contribution in [1.82, 2.24) is 9.80 Å². The number of methoxy groups -OCH3 is 1. The Bertz CT molecular complexity index is 635. The summed E-state index contributed by atoms with van der Waals surface area (Å²) < 4.78 is 18.8. The second kappa shape index (κ2) is 4.69. The summed E-state index contributed by atoms with van der Waals surface area (Å²) in [6.45, 7) is 1.78. The van der Waals surface area contributed by atoms with Crippen LogP contribution in [0.2, 0.25) is 0 Å². The van der Waals surface area contributed by atoms with Crippen molar-refractivity contribution in [3.05, 3.63) is 29.6 Å². The van der Waals surface area contributed by atoms with Crippen molar-refractivity contribution in [2.24, 2.45) is 5.92 Å². The van der Waals surface area contributed by atoms with E-state index in [0.29, 0.717) is 5.92 Å². The summed E-state index contributed by atoms with van der Waals surface area (Å²) in [7, 11) is 3.39. The van der Waals surface area contributed by atoms with Crippen LogP contribution in [-0.2, 0) is 4.79 Å². The zero-order valence-electron chi connectivity index (χ0n) is 13.0. The largest absolute Gasteiger partial charge is 0.494 e. The highest BCUT2D eigenvalue weighted by molar-refractivity contribution is 5.90. The Morgan fingerprint density at radius 2 is 2.23 bits per heavy atom. The number of benzene rings is 1. The van der Waals surface area contributed by atoms with Crippen LogP contribution in [0.5, 0.6) is 5.75 Å². The van der Waals surface area contributed by atoms with Crippen molar-refractivity contribution in [3.63, 3.8) is 0 Å². The molecule has 4 rings (SSSR count). The Kier molecular flexibility index (Phi) is 2.98. The van der Waals surface area contributed by atoms with Gasteiger partial charge in [0.25, 0.3) is 0 Å². The lowest BCUT2D eigenvalue weighted by Gasteiger charge is -2.33. The first-order valence-electron chi connectivity index (χ1n) is 7.93. The number of nitrogens with zero attached hydrogens (tertiary/aromatic N) is 2. The summed E-state index contributed by atoms with van der Waals surface area (Å²) in [5.74, 6) is 0.600. The molecule has 3 fully saturated rings. The predicted octanol–water partition coefficient (Wildman–Crippen LogP) is 2.20. The fourth-order valence-corrected chi connectivity index (χ4v) is 4.90. The first kappa shape index (κ1) is 14.0. The van der Waals surface area contributed by atoms with Gasteiger partial charge in [0, 0.05) is 25.6 Å². The van der Waals surface area contributed by atoms with Gasteiger partial charge in [0.05, 0.1) is 7.11 Å². The molecule has 0 N–H and O–H groups in total. The molecule has 1 spiro atoms. The van der Waals surface area contributed by atoms with Crippen molar-refractivity contribution in [2.75, 3.05) is 27.2 Å². The van der Waals surface area contributed by atoms with Crippen LogP contribution in [0, 0.1) is 11.7 Å². The number of ether oxygens (including phenoxy) is 1. The van der Waals surface area contributed by atoms with Gasteiger partial charge in [-0.25, -0.2) is 4.39 Å². The first-order valence-corrected chi connectivity index (χ1v) is 7.93. The van der Waals surface area contributed by atoms with Crippen LogP contribution in [-0.4, -0.2) is 48.5 Å². The van der Waals surface area contributed by atoms with Crippen LogP contribution in [0.25, 0.3) is 0 Å². The molecule has 3 heterocycles. The van der Waals surface area contributed by atoms with Crippen LogP contribution < -0.4 is 4.74 Å². The average molecular weight is 304 g/mol. The third kappa shape index (κ3) is 1.63. The van der Waals surface area contributed by atoms with Crippen LogP contribution in [0.15, 0.2) is 18.2 Å². The molecule has 0 aromatic heterocycles. The molecule has 1 amide bonds. The molecule has 0 aliphatic carbocycles. The van der Waals surface area contributed by atoms with E-state index in [-0.39, 0.29) is 29.1 Å². The zero-order chi connectivity index (χ0) is 15.5. The summed E-state index contributed by atoms with van der Waals surface area (Å²) in [4.78, 5) is 17.0. The van der Waals surface area contributed by atoms with Gasteiger partial charge in [-0.1, -0.05) is 6.07 Å². The van der Waals surface area contributed by atoms with Crippen LogP contribution in [0.4, 0.5) is 4.39 Å². The van der Waals surface area contributed by atoms with Crippen LogP contribution in [0.1, 0.15) is 30.9 Å². The highest BCUT2D eigenvalue weighted by Crippen LogP contribution is 2.55. The van der Waals surface area contributed by atoms with E-state index in [1.165, 1.54) is 13.2 Å². The van der Waals surface area contributed by atoms with Crippen LogP contribution >= 0.6 is 0 Å². The minimum atomic E-state index is -0.337. The van der Waals surface area contributed by atoms with Gasteiger partial charge in [-0.3, -0.25) is 9.69 Å². The van der Waals surface area contributed by atoms with Gasteiger partial charge in [-0.05, 0) is 43.5 Å². The smallest absolute Gasteiger partial charge is 0.243 e. The van der Waals surface area contributed by atoms with E-state index in [1.54, 1.807) is 6.07 Å². The number of carbonyl (C=O) groups excluding carboxylic acids is 1. The molecule has 3 aliphatic rings. The van der Waals surface area contributed by atoms with Gasteiger partial charge in [0.15, 0.2) is 11.6 Å². The third-order valence-electron chi connectivity index (χ3n) is 5.80. The highest BCUT2D eigenvalue weighted by Gasteiger charge is 2.64.